The highest BCUT2D eigenvalue weighted by molar-refractivity contribution is 9.10. The number of ether oxygens (including phenoxy) is 1. The highest BCUT2D eigenvalue weighted by Crippen LogP contribution is 2.26. The highest BCUT2D eigenvalue weighted by atomic mass is 79.9. The number of benzene rings is 3. The molecule has 0 unspecified atom stereocenters. The van der Waals surface area contributed by atoms with Crippen LogP contribution in [-0.2, 0) is 0 Å². The summed E-state index contributed by atoms with van der Waals surface area (Å²) in [5.74, 6) is 1.34. The topological polar surface area (TPSA) is 74.3 Å². The predicted molar refractivity (Wildman–Crippen MR) is 168 cm³/mol. The first-order chi connectivity index (χ1) is 20.1. The van der Waals surface area contributed by atoms with Gasteiger partial charge in [0.2, 0.25) is 4.96 Å². The summed E-state index contributed by atoms with van der Waals surface area (Å²) in [6.45, 7) is 2.91. The molecule has 3 aromatic carbocycles. The Bertz CT molecular complexity index is 1880. The Hall–Kier alpha value is -4.08. The van der Waals surface area contributed by atoms with E-state index in [0.717, 1.165) is 44.7 Å². The van der Waals surface area contributed by atoms with Crippen LogP contribution in [0.25, 0.3) is 39.4 Å². The molecule has 0 bridgehead atoms. The Morgan fingerprint density at radius 2 is 1.66 bits per heavy atom. The molecule has 6 aromatic rings. The minimum atomic E-state index is -0.204. The average Bonchev–Trinajstić information content (AvgIpc) is 3.69. The molecule has 0 fully saturated rings. The lowest BCUT2D eigenvalue weighted by atomic mass is 10.1. The second-order valence-corrected chi connectivity index (χ2v) is 11.6. The first-order valence-corrected chi connectivity index (χ1v) is 15.3. The van der Waals surface area contributed by atoms with Crippen LogP contribution in [0.4, 0.5) is 0 Å². The van der Waals surface area contributed by atoms with Gasteiger partial charge in [-0.15, -0.1) is 5.10 Å². The van der Waals surface area contributed by atoms with Gasteiger partial charge in [-0.1, -0.05) is 83.8 Å². The summed E-state index contributed by atoms with van der Waals surface area (Å²) in [7, 11) is 0. The van der Waals surface area contributed by atoms with Gasteiger partial charge in [-0.3, -0.25) is 4.79 Å². The number of halogens is 1. The monoisotopic (exact) mass is 625 g/mol. The van der Waals surface area contributed by atoms with E-state index < -0.39 is 0 Å². The number of thiazole rings is 1. The van der Waals surface area contributed by atoms with Crippen LogP contribution < -0.4 is 14.8 Å². The van der Waals surface area contributed by atoms with E-state index in [1.807, 2.05) is 95.8 Å². The van der Waals surface area contributed by atoms with Crippen molar-refractivity contribution in [3.8, 4) is 34.1 Å². The Morgan fingerprint density at radius 3 is 2.39 bits per heavy atom. The second-order valence-electron chi connectivity index (χ2n) is 9.70. The fraction of sp³-hybridized carbons (Fsp3) is 0.188. The van der Waals surface area contributed by atoms with Crippen LogP contribution in [-0.4, -0.2) is 31.0 Å². The maximum Gasteiger partial charge on any atom is 0.291 e. The van der Waals surface area contributed by atoms with E-state index in [1.165, 1.54) is 35.1 Å². The smallest absolute Gasteiger partial charge is 0.291 e. The molecule has 0 amide bonds. The summed E-state index contributed by atoms with van der Waals surface area (Å²) >= 11 is 4.82. The standard InChI is InChI=1S/C32H28BrN5O2S/c1-2-3-4-8-19-40-27-17-13-23(14-18-27)30-34-32-38(36-30)31(39)28(41-32)20-24-21-37(26-9-6-5-7-10-26)35-29(24)22-11-15-25(33)16-12-22/h5-7,9-18,20-21H,2-4,8,19H2,1H3/b28-20-. The minimum absolute atomic E-state index is 0.204. The lowest BCUT2D eigenvalue weighted by molar-refractivity contribution is 0.305. The summed E-state index contributed by atoms with van der Waals surface area (Å²) in [5.41, 5.74) is 4.15. The van der Waals surface area contributed by atoms with Gasteiger partial charge in [0.15, 0.2) is 5.82 Å². The maximum atomic E-state index is 13.4. The zero-order chi connectivity index (χ0) is 28.2. The fourth-order valence-corrected chi connectivity index (χ4v) is 5.72. The summed E-state index contributed by atoms with van der Waals surface area (Å²) in [6.07, 6.45) is 8.50. The van der Waals surface area contributed by atoms with Crippen molar-refractivity contribution in [2.24, 2.45) is 0 Å². The minimum Gasteiger partial charge on any atom is -0.494 e. The van der Waals surface area contributed by atoms with E-state index in [1.54, 1.807) is 0 Å². The molecule has 41 heavy (non-hydrogen) atoms. The number of fused-ring (bicyclic) bond motifs is 1. The molecule has 9 heteroatoms. The molecule has 0 saturated carbocycles. The van der Waals surface area contributed by atoms with E-state index in [9.17, 15) is 4.79 Å². The summed E-state index contributed by atoms with van der Waals surface area (Å²) in [6, 6.07) is 25.6. The SMILES string of the molecule is CCCCCCOc1ccc(-c2nc3s/c(=C\c4cn(-c5ccccc5)nc4-c4ccc(Br)cc4)c(=O)n3n2)cc1. The van der Waals surface area contributed by atoms with E-state index in [0.29, 0.717) is 21.9 Å². The molecule has 0 spiro atoms. The number of hydrogen-bond donors (Lipinski definition) is 0. The van der Waals surface area contributed by atoms with Crippen LogP contribution >= 0.6 is 27.3 Å². The van der Waals surface area contributed by atoms with Gasteiger partial charge >= 0.3 is 0 Å². The van der Waals surface area contributed by atoms with Crippen LogP contribution in [0, 0.1) is 0 Å². The van der Waals surface area contributed by atoms with Crippen LogP contribution in [0.1, 0.15) is 38.2 Å². The molecule has 7 nitrogen and oxygen atoms in total. The van der Waals surface area contributed by atoms with Crippen molar-refractivity contribution >= 4 is 38.3 Å². The Balaban J connectivity index is 1.30. The average molecular weight is 627 g/mol. The Morgan fingerprint density at radius 1 is 0.902 bits per heavy atom. The summed E-state index contributed by atoms with van der Waals surface area (Å²) in [5, 5.41) is 9.39. The molecular weight excluding hydrogens is 598 g/mol. The molecule has 6 rings (SSSR count). The summed E-state index contributed by atoms with van der Waals surface area (Å²) < 4.78 is 10.6. The number of nitrogens with zero attached hydrogens (tertiary/aromatic N) is 5. The van der Waals surface area contributed by atoms with Crippen molar-refractivity contribution in [3.05, 3.63) is 110 Å². The van der Waals surface area contributed by atoms with Gasteiger partial charge in [0.25, 0.3) is 5.56 Å². The lowest BCUT2D eigenvalue weighted by Gasteiger charge is -2.06. The number of rotatable bonds is 10. The van der Waals surface area contributed by atoms with Gasteiger partial charge in [-0.2, -0.15) is 14.6 Å². The van der Waals surface area contributed by atoms with E-state index in [4.69, 9.17) is 9.84 Å². The Kier molecular flexibility index (Phi) is 8.07. The van der Waals surface area contributed by atoms with Crippen molar-refractivity contribution in [3.63, 3.8) is 0 Å². The van der Waals surface area contributed by atoms with Crippen molar-refractivity contribution in [1.82, 2.24) is 24.4 Å². The summed E-state index contributed by atoms with van der Waals surface area (Å²) in [4.78, 5) is 18.6. The van der Waals surface area contributed by atoms with Gasteiger partial charge in [-0.25, -0.2) is 4.68 Å². The molecule has 0 aliphatic carbocycles. The molecule has 0 radical (unpaired) electrons. The molecule has 0 N–H and O–H groups in total. The third kappa shape index (κ3) is 6.01. The molecule has 3 heterocycles. The van der Waals surface area contributed by atoms with Crippen LogP contribution in [0.5, 0.6) is 5.75 Å². The van der Waals surface area contributed by atoms with Crippen LogP contribution in [0.2, 0.25) is 0 Å². The second kappa shape index (κ2) is 12.2. The molecule has 0 aliphatic heterocycles. The molecule has 3 aromatic heterocycles. The lowest BCUT2D eigenvalue weighted by Crippen LogP contribution is -2.23. The fourth-order valence-electron chi connectivity index (χ4n) is 4.55. The van der Waals surface area contributed by atoms with E-state index in [-0.39, 0.29) is 5.56 Å². The zero-order valence-corrected chi connectivity index (χ0v) is 24.9. The van der Waals surface area contributed by atoms with Gasteiger partial charge in [-0.05, 0) is 61.0 Å². The van der Waals surface area contributed by atoms with Crippen LogP contribution in [0.3, 0.4) is 0 Å². The number of unbranched alkanes of at least 4 members (excludes halogenated alkanes) is 3. The van der Waals surface area contributed by atoms with Gasteiger partial charge < -0.3 is 4.74 Å². The number of aromatic nitrogens is 5. The van der Waals surface area contributed by atoms with E-state index in [2.05, 4.69) is 32.9 Å². The zero-order valence-electron chi connectivity index (χ0n) is 22.5. The van der Waals surface area contributed by atoms with Gasteiger partial charge in [0.05, 0.1) is 22.5 Å². The predicted octanol–water partition coefficient (Wildman–Crippen LogP) is 6.94. The van der Waals surface area contributed by atoms with Crippen molar-refractivity contribution in [1.29, 1.82) is 0 Å². The molecule has 206 valence electrons. The largest absolute Gasteiger partial charge is 0.494 e. The first kappa shape index (κ1) is 27.1. The first-order valence-electron chi connectivity index (χ1n) is 13.6. The molecule has 0 aliphatic rings. The van der Waals surface area contributed by atoms with E-state index >= 15 is 0 Å². The van der Waals surface area contributed by atoms with Gasteiger partial charge in [0.1, 0.15) is 5.75 Å². The van der Waals surface area contributed by atoms with Crippen molar-refractivity contribution in [2.45, 2.75) is 32.6 Å². The van der Waals surface area contributed by atoms with Crippen LogP contribution in [0.15, 0.2) is 94.3 Å². The molecule has 0 atom stereocenters. The molecular formula is C32H28BrN5O2S. The Labute approximate surface area is 249 Å². The number of para-hydroxylation sites is 1. The highest BCUT2D eigenvalue weighted by Gasteiger charge is 2.15. The van der Waals surface area contributed by atoms with Crippen molar-refractivity contribution < 1.29 is 4.74 Å². The number of hydrogen-bond acceptors (Lipinski definition) is 6. The maximum absolute atomic E-state index is 13.4. The third-order valence-corrected chi connectivity index (χ3v) is 8.22. The van der Waals surface area contributed by atoms with Gasteiger partial charge in [0, 0.05) is 27.4 Å². The van der Waals surface area contributed by atoms with Crippen molar-refractivity contribution in [2.75, 3.05) is 6.61 Å². The quantitative estimate of drug-likeness (QED) is 0.154. The molecule has 0 saturated heterocycles. The normalized spacial score (nSPS) is 11.9. The third-order valence-electron chi connectivity index (χ3n) is 6.73.